The number of nitrogens with one attached hydrogen (secondary N) is 1. The minimum absolute atomic E-state index is 0.0180. The van der Waals surface area contributed by atoms with Gasteiger partial charge in [0.25, 0.3) is 5.91 Å². The van der Waals surface area contributed by atoms with E-state index < -0.39 is 0 Å². The van der Waals surface area contributed by atoms with E-state index in [0.29, 0.717) is 69.3 Å². The van der Waals surface area contributed by atoms with Crippen molar-refractivity contribution >= 4 is 17.5 Å². The van der Waals surface area contributed by atoms with Gasteiger partial charge in [-0.3, -0.25) is 14.5 Å². The van der Waals surface area contributed by atoms with Crippen LogP contribution >= 0.6 is 0 Å². The largest absolute Gasteiger partial charge is 0.491 e. The molecule has 2 heterocycles. The third kappa shape index (κ3) is 7.56. The van der Waals surface area contributed by atoms with Crippen LogP contribution in [0.2, 0.25) is 0 Å². The number of fused-ring (bicyclic) bond motifs is 1. The monoisotopic (exact) mass is 541 g/mol. The van der Waals surface area contributed by atoms with Crippen LogP contribution in [0.15, 0.2) is 42.5 Å². The summed E-state index contributed by atoms with van der Waals surface area (Å²) in [6.07, 6.45) is 1.21. The highest BCUT2D eigenvalue weighted by Gasteiger charge is 2.29. The molecule has 4 rings (SSSR count). The maximum atomic E-state index is 13.5. The standard InChI is InChI=1S/C30H40FN3O5/c1-20-16-34(17-22-5-7-24(31)8-6-22)21(2)19-39-27-15-25(32-29(35)23-11-13-38-14-12-23)9-10-26(27)30(36)33(3)18-28(20)37-4/h5-10,15,20-21,23,28H,11-14,16-19H2,1-4H3,(H,32,35)/t20-,21-,28-/m1/s1. The molecule has 0 saturated carbocycles. The Morgan fingerprint density at radius 1 is 1.10 bits per heavy atom. The molecule has 0 spiro atoms. The fraction of sp³-hybridized carbons (Fsp3) is 0.533. The van der Waals surface area contributed by atoms with Gasteiger partial charge in [-0.2, -0.15) is 0 Å². The normalized spacial score (nSPS) is 23.8. The molecule has 0 aromatic heterocycles. The number of nitrogens with zero attached hydrogens (tertiary/aromatic N) is 2. The van der Waals surface area contributed by atoms with Gasteiger partial charge in [0.15, 0.2) is 0 Å². The lowest BCUT2D eigenvalue weighted by atomic mass is 9.99. The number of amides is 2. The van der Waals surface area contributed by atoms with Crippen molar-refractivity contribution in [3.8, 4) is 5.75 Å². The predicted octanol–water partition coefficient (Wildman–Crippen LogP) is 4.20. The number of likely N-dealkylation sites (N-methyl/N-ethyl adjacent to an activating group) is 1. The van der Waals surface area contributed by atoms with Gasteiger partial charge < -0.3 is 24.4 Å². The van der Waals surface area contributed by atoms with Gasteiger partial charge in [-0.15, -0.1) is 0 Å². The van der Waals surface area contributed by atoms with Gasteiger partial charge in [-0.25, -0.2) is 4.39 Å². The summed E-state index contributed by atoms with van der Waals surface area (Å²) in [7, 11) is 3.43. The van der Waals surface area contributed by atoms with Crippen molar-refractivity contribution in [3.05, 3.63) is 59.4 Å². The smallest absolute Gasteiger partial charge is 0.257 e. The average Bonchev–Trinajstić information content (AvgIpc) is 2.94. The first-order chi connectivity index (χ1) is 18.7. The highest BCUT2D eigenvalue weighted by Crippen LogP contribution is 2.28. The van der Waals surface area contributed by atoms with Crippen molar-refractivity contribution in [1.29, 1.82) is 0 Å². The Hall–Kier alpha value is -3.01. The number of rotatable bonds is 5. The molecule has 39 heavy (non-hydrogen) atoms. The van der Waals surface area contributed by atoms with Crippen LogP contribution in [0.4, 0.5) is 10.1 Å². The molecule has 1 N–H and O–H groups in total. The van der Waals surface area contributed by atoms with E-state index in [-0.39, 0.29) is 41.6 Å². The minimum Gasteiger partial charge on any atom is -0.491 e. The van der Waals surface area contributed by atoms with Gasteiger partial charge in [0.1, 0.15) is 18.2 Å². The molecule has 0 bridgehead atoms. The highest BCUT2D eigenvalue weighted by atomic mass is 19.1. The summed E-state index contributed by atoms with van der Waals surface area (Å²) >= 11 is 0. The first kappa shape index (κ1) is 29.0. The van der Waals surface area contributed by atoms with E-state index >= 15 is 0 Å². The number of methoxy groups -OCH3 is 1. The quantitative estimate of drug-likeness (QED) is 0.612. The Bertz CT molecular complexity index is 1120. The summed E-state index contributed by atoms with van der Waals surface area (Å²) < 4.78 is 31.0. The molecular weight excluding hydrogens is 501 g/mol. The number of anilines is 1. The molecule has 2 aromatic carbocycles. The lowest BCUT2D eigenvalue weighted by molar-refractivity contribution is -0.122. The number of hydrogen-bond donors (Lipinski definition) is 1. The van der Waals surface area contributed by atoms with Crippen molar-refractivity contribution in [2.45, 2.75) is 45.4 Å². The molecule has 1 saturated heterocycles. The van der Waals surface area contributed by atoms with Gasteiger partial charge in [0, 0.05) is 70.7 Å². The number of ether oxygens (including phenoxy) is 3. The zero-order valence-electron chi connectivity index (χ0n) is 23.3. The van der Waals surface area contributed by atoms with Crippen molar-refractivity contribution in [1.82, 2.24) is 9.80 Å². The second-order valence-electron chi connectivity index (χ2n) is 10.7. The summed E-state index contributed by atoms with van der Waals surface area (Å²) in [6.45, 7) is 7.42. The third-order valence-corrected chi connectivity index (χ3v) is 7.73. The molecule has 3 atom stereocenters. The van der Waals surface area contributed by atoms with Crippen molar-refractivity contribution < 1.29 is 28.2 Å². The van der Waals surface area contributed by atoms with E-state index in [0.717, 1.165) is 5.56 Å². The molecule has 0 radical (unpaired) electrons. The summed E-state index contributed by atoms with van der Waals surface area (Å²) in [5.74, 6) is -0.0340. The topological polar surface area (TPSA) is 80.3 Å². The van der Waals surface area contributed by atoms with Gasteiger partial charge in [0.2, 0.25) is 5.91 Å². The second-order valence-corrected chi connectivity index (χ2v) is 10.7. The van der Waals surface area contributed by atoms with Crippen LogP contribution in [-0.4, -0.2) is 80.8 Å². The van der Waals surface area contributed by atoms with E-state index in [1.54, 1.807) is 49.4 Å². The van der Waals surface area contributed by atoms with Gasteiger partial charge in [0.05, 0.1) is 11.7 Å². The first-order valence-corrected chi connectivity index (χ1v) is 13.7. The zero-order valence-corrected chi connectivity index (χ0v) is 23.3. The van der Waals surface area contributed by atoms with E-state index in [1.165, 1.54) is 12.1 Å². The molecule has 8 nitrogen and oxygen atoms in total. The molecular formula is C30H40FN3O5. The number of benzene rings is 2. The summed E-state index contributed by atoms with van der Waals surface area (Å²) in [6, 6.07) is 11.7. The molecule has 2 aromatic rings. The van der Waals surface area contributed by atoms with Crippen LogP contribution in [0.1, 0.15) is 42.6 Å². The Labute approximate surface area is 230 Å². The fourth-order valence-corrected chi connectivity index (χ4v) is 5.17. The van der Waals surface area contributed by atoms with Crippen LogP contribution in [0.3, 0.4) is 0 Å². The van der Waals surface area contributed by atoms with Crippen molar-refractivity contribution in [2.75, 3.05) is 52.4 Å². The van der Waals surface area contributed by atoms with Crippen LogP contribution < -0.4 is 10.1 Å². The maximum absolute atomic E-state index is 13.5. The molecule has 9 heteroatoms. The Kier molecular flexibility index (Phi) is 9.94. The van der Waals surface area contributed by atoms with Gasteiger partial charge in [-0.1, -0.05) is 19.1 Å². The van der Waals surface area contributed by atoms with Crippen LogP contribution in [0, 0.1) is 17.7 Å². The SMILES string of the molecule is CO[C@@H]1CN(C)C(=O)c2ccc(NC(=O)C3CCOCC3)cc2OC[C@@H](C)N(Cc2ccc(F)cc2)C[C@H]1C. The highest BCUT2D eigenvalue weighted by molar-refractivity contribution is 5.98. The Balaban J connectivity index is 1.59. The molecule has 2 aliphatic heterocycles. The summed E-state index contributed by atoms with van der Waals surface area (Å²) in [5.41, 5.74) is 2.02. The van der Waals surface area contributed by atoms with Crippen molar-refractivity contribution in [2.24, 2.45) is 11.8 Å². The van der Waals surface area contributed by atoms with Gasteiger partial charge in [-0.05, 0) is 55.5 Å². The van der Waals surface area contributed by atoms with Crippen molar-refractivity contribution in [3.63, 3.8) is 0 Å². The van der Waals surface area contributed by atoms with E-state index in [9.17, 15) is 14.0 Å². The van der Waals surface area contributed by atoms with E-state index in [1.807, 2.05) is 0 Å². The number of carbonyl (C=O) groups excluding carboxylic acids is 2. The summed E-state index contributed by atoms with van der Waals surface area (Å²) in [4.78, 5) is 30.2. The Morgan fingerprint density at radius 2 is 1.82 bits per heavy atom. The maximum Gasteiger partial charge on any atom is 0.257 e. The summed E-state index contributed by atoms with van der Waals surface area (Å²) in [5, 5.41) is 2.99. The number of hydrogen-bond acceptors (Lipinski definition) is 6. The molecule has 2 amide bonds. The Morgan fingerprint density at radius 3 is 2.51 bits per heavy atom. The van der Waals surface area contributed by atoms with Gasteiger partial charge >= 0.3 is 0 Å². The predicted molar refractivity (Wildman–Crippen MR) is 147 cm³/mol. The molecule has 1 fully saturated rings. The first-order valence-electron chi connectivity index (χ1n) is 13.7. The van der Waals surface area contributed by atoms with Crippen LogP contribution in [0.25, 0.3) is 0 Å². The fourth-order valence-electron chi connectivity index (χ4n) is 5.17. The van der Waals surface area contributed by atoms with Crippen LogP contribution in [0.5, 0.6) is 5.75 Å². The van der Waals surface area contributed by atoms with E-state index in [2.05, 4.69) is 24.1 Å². The number of halogens is 1. The number of carbonyl (C=O) groups is 2. The third-order valence-electron chi connectivity index (χ3n) is 7.73. The van der Waals surface area contributed by atoms with Crippen LogP contribution in [-0.2, 0) is 20.8 Å². The molecule has 2 aliphatic rings. The lowest BCUT2D eigenvalue weighted by Gasteiger charge is -2.36. The second kappa shape index (κ2) is 13.4. The molecule has 0 unspecified atom stereocenters. The minimum atomic E-state index is -0.263. The van der Waals surface area contributed by atoms with E-state index in [4.69, 9.17) is 14.2 Å². The molecule has 212 valence electrons. The zero-order chi connectivity index (χ0) is 27.9. The average molecular weight is 542 g/mol. The molecule has 0 aliphatic carbocycles. The lowest BCUT2D eigenvalue weighted by Crippen LogP contribution is -2.46.